The van der Waals surface area contributed by atoms with Gasteiger partial charge in [-0.1, -0.05) is 25.1 Å². The Labute approximate surface area is 98.0 Å². The molecular formula is C14H21NO. The summed E-state index contributed by atoms with van der Waals surface area (Å²) in [4.78, 5) is 0. The second-order valence-electron chi connectivity index (χ2n) is 4.81. The minimum atomic E-state index is 0.694. The highest BCUT2D eigenvalue weighted by Crippen LogP contribution is 2.25. The van der Waals surface area contributed by atoms with Crippen LogP contribution in [-0.2, 0) is 6.54 Å². The van der Waals surface area contributed by atoms with E-state index < -0.39 is 0 Å². The average Bonchev–Trinajstić information content (AvgIpc) is 2.73. The average molecular weight is 219 g/mol. The Balaban J connectivity index is 1.89. The Morgan fingerprint density at radius 1 is 1.31 bits per heavy atom. The Kier molecular flexibility index (Phi) is 3.83. The summed E-state index contributed by atoms with van der Waals surface area (Å²) in [6.45, 7) is 3.26. The highest BCUT2D eigenvalue weighted by molar-refractivity contribution is 5.33. The second kappa shape index (κ2) is 5.35. The fourth-order valence-corrected chi connectivity index (χ4v) is 2.50. The number of rotatable bonds is 4. The van der Waals surface area contributed by atoms with Gasteiger partial charge in [-0.3, -0.25) is 0 Å². The molecule has 1 aromatic carbocycles. The van der Waals surface area contributed by atoms with Crippen LogP contribution in [-0.4, -0.2) is 13.2 Å². The van der Waals surface area contributed by atoms with Crippen molar-refractivity contribution in [2.24, 2.45) is 5.92 Å². The normalized spacial score (nSPS) is 24.6. The lowest BCUT2D eigenvalue weighted by Crippen LogP contribution is -2.25. The van der Waals surface area contributed by atoms with Gasteiger partial charge in [0.05, 0.1) is 7.11 Å². The van der Waals surface area contributed by atoms with E-state index in [1.807, 2.05) is 12.1 Å². The van der Waals surface area contributed by atoms with Gasteiger partial charge in [-0.05, 0) is 31.2 Å². The molecule has 1 N–H and O–H groups in total. The van der Waals surface area contributed by atoms with Gasteiger partial charge in [0, 0.05) is 18.2 Å². The third-order valence-corrected chi connectivity index (χ3v) is 3.47. The zero-order valence-electron chi connectivity index (χ0n) is 10.2. The van der Waals surface area contributed by atoms with Gasteiger partial charge < -0.3 is 10.1 Å². The van der Waals surface area contributed by atoms with Crippen molar-refractivity contribution in [1.29, 1.82) is 0 Å². The molecule has 0 bridgehead atoms. The summed E-state index contributed by atoms with van der Waals surface area (Å²) in [7, 11) is 1.73. The molecule has 0 spiro atoms. The van der Waals surface area contributed by atoms with E-state index in [9.17, 15) is 0 Å². The summed E-state index contributed by atoms with van der Waals surface area (Å²) in [5.41, 5.74) is 1.25. The Morgan fingerprint density at radius 3 is 2.81 bits per heavy atom. The van der Waals surface area contributed by atoms with Gasteiger partial charge in [-0.25, -0.2) is 0 Å². The Morgan fingerprint density at radius 2 is 2.12 bits per heavy atom. The number of ether oxygens (including phenoxy) is 1. The van der Waals surface area contributed by atoms with E-state index in [-0.39, 0.29) is 0 Å². The number of nitrogens with one attached hydrogen (secondary N) is 1. The van der Waals surface area contributed by atoms with Crippen LogP contribution < -0.4 is 10.1 Å². The van der Waals surface area contributed by atoms with Crippen molar-refractivity contribution in [2.45, 2.75) is 38.8 Å². The molecule has 2 atom stereocenters. The molecule has 2 rings (SSSR count). The number of hydrogen-bond acceptors (Lipinski definition) is 2. The highest BCUT2D eigenvalue weighted by atomic mass is 16.5. The van der Waals surface area contributed by atoms with E-state index in [1.165, 1.54) is 24.8 Å². The molecule has 2 nitrogen and oxygen atoms in total. The lowest BCUT2D eigenvalue weighted by molar-refractivity contribution is 0.404. The smallest absolute Gasteiger partial charge is 0.123 e. The fraction of sp³-hybridized carbons (Fsp3) is 0.571. The molecule has 0 aliphatic heterocycles. The van der Waals surface area contributed by atoms with Crippen LogP contribution in [0.4, 0.5) is 0 Å². The lowest BCUT2D eigenvalue weighted by Gasteiger charge is -2.14. The van der Waals surface area contributed by atoms with Crippen LogP contribution in [0.1, 0.15) is 31.7 Å². The summed E-state index contributed by atoms with van der Waals surface area (Å²) in [6, 6.07) is 8.93. The number of benzene rings is 1. The monoisotopic (exact) mass is 219 g/mol. The van der Waals surface area contributed by atoms with Crippen LogP contribution in [0.25, 0.3) is 0 Å². The third-order valence-electron chi connectivity index (χ3n) is 3.47. The molecule has 0 aromatic heterocycles. The molecule has 0 heterocycles. The van der Waals surface area contributed by atoms with Crippen LogP contribution >= 0.6 is 0 Å². The summed E-state index contributed by atoms with van der Waals surface area (Å²) >= 11 is 0. The van der Waals surface area contributed by atoms with E-state index in [4.69, 9.17) is 4.74 Å². The van der Waals surface area contributed by atoms with Crippen molar-refractivity contribution in [3.8, 4) is 5.75 Å². The third kappa shape index (κ3) is 2.76. The second-order valence-corrected chi connectivity index (χ2v) is 4.81. The molecule has 1 aromatic rings. The maximum Gasteiger partial charge on any atom is 0.123 e. The van der Waals surface area contributed by atoms with Crippen LogP contribution in [0.2, 0.25) is 0 Å². The first-order valence-electron chi connectivity index (χ1n) is 6.15. The zero-order valence-corrected chi connectivity index (χ0v) is 10.2. The van der Waals surface area contributed by atoms with Crippen LogP contribution in [0.5, 0.6) is 5.75 Å². The van der Waals surface area contributed by atoms with Crippen molar-refractivity contribution in [2.75, 3.05) is 7.11 Å². The lowest BCUT2D eigenvalue weighted by atomic mass is 10.1. The summed E-state index contributed by atoms with van der Waals surface area (Å²) < 4.78 is 5.34. The van der Waals surface area contributed by atoms with Crippen molar-refractivity contribution in [1.82, 2.24) is 5.32 Å². The highest BCUT2D eigenvalue weighted by Gasteiger charge is 2.20. The van der Waals surface area contributed by atoms with E-state index in [0.29, 0.717) is 6.04 Å². The zero-order chi connectivity index (χ0) is 11.4. The van der Waals surface area contributed by atoms with Gasteiger partial charge in [0.15, 0.2) is 0 Å². The SMILES string of the molecule is COc1ccccc1CN[C@H]1CC[C@@H](C)C1. The van der Waals surface area contributed by atoms with Crippen molar-refractivity contribution >= 4 is 0 Å². The van der Waals surface area contributed by atoms with E-state index >= 15 is 0 Å². The topological polar surface area (TPSA) is 21.3 Å². The molecule has 0 amide bonds. The number of para-hydroxylation sites is 1. The molecule has 16 heavy (non-hydrogen) atoms. The van der Waals surface area contributed by atoms with Gasteiger partial charge in [0.25, 0.3) is 0 Å². The van der Waals surface area contributed by atoms with E-state index in [1.54, 1.807) is 7.11 Å². The first-order valence-corrected chi connectivity index (χ1v) is 6.15. The van der Waals surface area contributed by atoms with E-state index in [0.717, 1.165) is 18.2 Å². The van der Waals surface area contributed by atoms with Gasteiger partial charge >= 0.3 is 0 Å². The first-order chi connectivity index (χ1) is 7.79. The van der Waals surface area contributed by atoms with Crippen LogP contribution in [0.15, 0.2) is 24.3 Å². The maximum atomic E-state index is 5.34. The number of methoxy groups -OCH3 is 1. The Bertz CT molecular complexity index is 337. The molecule has 1 saturated carbocycles. The molecule has 1 aliphatic carbocycles. The largest absolute Gasteiger partial charge is 0.496 e. The summed E-state index contributed by atoms with van der Waals surface area (Å²) in [6.07, 6.45) is 4.00. The van der Waals surface area contributed by atoms with Gasteiger partial charge in [-0.15, -0.1) is 0 Å². The summed E-state index contributed by atoms with van der Waals surface area (Å²) in [5, 5.41) is 3.62. The van der Waals surface area contributed by atoms with Crippen LogP contribution in [0.3, 0.4) is 0 Å². The fourth-order valence-electron chi connectivity index (χ4n) is 2.50. The molecule has 1 fully saturated rings. The molecule has 2 heteroatoms. The van der Waals surface area contributed by atoms with Crippen LogP contribution in [0, 0.1) is 5.92 Å². The molecule has 0 unspecified atom stereocenters. The summed E-state index contributed by atoms with van der Waals surface area (Å²) in [5.74, 6) is 1.87. The molecule has 1 aliphatic rings. The van der Waals surface area contributed by atoms with Crippen molar-refractivity contribution < 1.29 is 4.74 Å². The first kappa shape index (κ1) is 11.5. The van der Waals surface area contributed by atoms with E-state index in [2.05, 4.69) is 24.4 Å². The van der Waals surface area contributed by atoms with Gasteiger partial charge in [0.1, 0.15) is 5.75 Å². The predicted octanol–water partition coefficient (Wildman–Crippen LogP) is 2.97. The van der Waals surface area contributed by atoms with Gasteiger partial charge in [-0.2, -0.15) is 0 Å². The van der Waals surface area contributed by atoms with Crippen molar-refractivity contribution in [3.63, 3.8) is 0 Å². The number of hydrogen-bond donors (Lipinski definition) is 1. The molecule has 0 radical (unpaired) electrons. The molecule has 0 saturated heterocycles. The molecular weight excluding hydrogens is 198 g/mol. The minimum Gasteiger partial charge on any atom is -0.496 e. The predicted molar refractivity (Wildman–Crippen MR) is 66.6 cm³/mol. The Hall–Kier alpha value is -1.02. The minimum absolute atomic E-state index is 0.694. The maximum absolute atomic E-state index is 5.34. The quantitative estimate of drug-likeness (QED) is 0.840. The molecule has 88 valence electrons. The van der Waals surface area contributed by atoms with Gasteiger partial charge in [0.2, 0.25) is 0 Å². The standard InChI is InChI=1S/C14H21NO/c1-11-7-8-13(9-11)15-10-12-5-3-4-6-14(12)16-2/h3-6,11,13,15H,7-10H2,1-2H3/t11-,13+/m1/s1. The van der Waals surface area contributed by atoms with Crippen molar-refractivity contribution in [3.05, 3.63) is 29.8 Å².